The van der Waals surface area contributed by atoms with E-state index in [1.54, 1.807) is 16.2 Å². The molecule has 0 saturated heterocycles. The standard InChI is InChI=1S/C27H27F3N2O3S/c1-18-5-3-4-6-21(18)25-22-12-16-36-23(22)11-13-32(25)24(33)17-31(14-15-35-2)26(34)19-7-9-20(10-8-19)27(28,29)30/h3-10,12,16,25H,11,13-15,17H2,1-2H3. The molecule has 3 aromatic rings. The lowest BCUT2D eigenvalue weighted by molar-refractivity contribution is -0.137. The van der Waals surface area contributed by atoms with Crippen LogP contribution in [-0.4, -0.2) is 55.0 Å². The molecule has 1 atom stereocenters. The molecule has 1 aliphatic rings. The fourth-order valence-corrected chi connectivity index (χ4v) is 5.41. The molecule has 0 fully saturated rings. The van der Waals surface area contributed by atoms with Gasteiger partial charge in [-0.3, -0.25) is 9.59 Å². The summed E-state index contributed by atoms with van der Waals surface area (Å²) in [7, 11) is 1.49. The SMILES string of the molecule is COCCN(CC(=O)N1CCc2sccc2C1c1ccccc1C)C(=O)c1ccc(C(F)(F)F)cc1. The topological polar surface area (TPSA) is 49.9 Å². The van der Waals surface area contributed by atoms with Crippen molar-refractivity contribution in [3.05, 3.63) is 92.7 Å². The van der Waals surface area contributed by atoms with Crippen LogP contribution in [0.3, 0.4) is 0 Å². The highest BCUT2D eigenvalue weighted by molar-refractivity contribution is 7.10. The number of hydrogen-bond acceptors (Lipinski definition) is 4. The van der Waals surface area contributed by atoms with E-state index in [9.17, 15) is 22.8 Å². The summed E-state index contributed by atoms with van der Waals surface area (Å²) in [5.74, 6) is -0.744. The monoisotopic (exact) mass is 516 g/mol. The molecule has 190 valence electrons. The molecule has 5 nitrogen and oxygen atoms in total. The predicted octanol–water partition coefficient (Wildman–Crippen LogP) is 5.34. The number of ether oxygens (including phenoxy) is 1. The first-order valence-corrected chi connectivity index (χ1v) is 12.5. The first kappa shape index (κ1) is 25.9. The molecular weight excluding hydrogens is 489 g/mol. The number of thiophene rings is 1. The second-order valence-electron chi connectivity index (χ2n) is 8.69. The van der Waals surface area contributed by atoms with E-state index in [0.29, 0.717) is 6.54 Å². The molecule has 0 aliphatic carbocycles. The maximum atomic E-state index is 13.7. The van der Waals surface area contributed by atoms with E-state index in [0.717, 1.165) is 47.4 Å². The second-order valence-corrected chi connectivity index (χ2v) is 9.69. The van der Waals surface area contributed by atoms with Gasteiger partial charge in [-0.25, -0.2) is 0 Å². The highest BCUT2D eigenvalue weighted by Gasteiger charge is 2.35. The summed E-state index contributed by atoms with van der Waals surface area (Å²) in [6, 6.07) is 13.8. The molecule has 2 aromatic carbocycles. The van der Waals surface area contributed by atoms with Crippen LogP contribution in [0.5, 0.6) is 0 Å². The van der Waals surface area contributed by atoms with Gasteiger partial charge in [0.05, 0.1) is 18.2 Å². The van der Waals surface area contributed by atoms with Gasteiger partial charge in [0.2, 0.25) is 5.91 Å². The van der Waals surface area contributed by atoms with Gasteiger partial charge in [-0.2, -0.15) is 13.2 Å². The smallest absolute Gasteiger partial charge is 0.383 e. The van der Waals surface area contributed by atoms with Crippen LogP contribution in [0.1, 0.15) is 43.5 Å². The van der Waals surface area contributed by atoms with E-state index in [-0.39, 0.29) is 37.2 Å². The highest BCUT2D eigenvalue weighted by atomic mass is 32.1. The summed E-state index contributed by atoms with van der Waals surface area (Å²) in [4.78, 5) is 31.3. The fraction of sp³-hybridized carbons (Fsp3) is 0.333. The van der Waals surface area contributed by atoms with Gasteiger partial charge in [0.25, 0.3) is 5.91 Å². The van der Waals surface area contributed by atoms with Crippen molar-refractivity contribution in [2.24, 2.45) is 0 Å². The van der Waals surface area contributed by atoms with E-state index in [1.807, 2.05) is 42.6 Å². The molecule has 1 aromatic heterocycles. The largest absolute Gasteiger partial charge is 0.416 e. The number of methoxy groups -OCH3 is 1. The highest BCUT2D eigenvalue weighted by Crippen LogP contribution is 2.39. The summed E-state index contributed by atoms with van der Waals surface area (Å²) in [5.41, 5.74) is 2.44. The number of carbonyl (C=O) groups excluding carboxylic acids is 2. The van der Waals surface area contributed by atoms with E-state index in [1.165, 1.54) is 16.9 Å². The van der Waals surface area contributed by atoms with Crippen LogP contribution >= 0.6 is 11.3 Å². The molecule has 36 heavy (non-hydrogen) atoms. The first-order chi connectivity index (χ1) is 17.2. The Morgan fingerprint density at radius 1 is 1.08 bits per heavy atom. The van der Waals surface area contributed by atoms with Crippen molar-refractivity contribution >= 4 is 23.2 Å². The zero-order chi connectivity index (χ0) is 25.9. The van der Waals surface area contributed by atoms with Crippen molar-refractivity contribution in [1.82, 2.24) is 9.80 Å². The summed E-state index contributed by atoms with van der Waals surface area (Å²) in [5, 5.41) is 2.03. The number of alkyl halides is 3. The minimum atomic E-state index is -4.49. The van der Waals surface area contributed by atoms with Gasteiger partial charge >= 0.3 is 6.18 Å². The van der Waals surface area contributed by atoms with Crippen LogP contribution in [0.15, 0.2) is 60.0 Å². The van der Waals surface area contributed by atoms with Gasteiger partial charge in [-0.1, -0.05) is 24.3 Å². The Balaban J connectivity index is 1.60. The average Bonchev–Trinajstić information content (AvgIpc) is 3.34. The Bertz CT molecular complexity index is 1220. The Morgan fingerprint density at radius 2 is 1.81 bits per heavy atom. The summed E-state index contributed by atoms with van der Waals surface area (Å²) in [6.07, 6.45) is -3.77. The van der Waals surface area contributed by atoms with Gasteiger partial charge in [-0.05, 0) is 65.7 Å². The maximum Gasteiger partial charge on any atom is 0.416 e. The lowest BCUT2D eigenvalue weighted by atomic mass is 9.90. The van der Waals surface area contributed by atoms with E-state index in [2.05, 4.69) is 0 Å². The third-order valence-corrected chi connectivity index (χ3v) is 7.40. The molecule has 0 spiro atoms. The van der Waals surface area contributed by atoms with Crippen molar-refractivity contribution in [3.8, 4) is 0 Å². The lowest BCUT2D eigenvalue weighted by Crippen LogP contribution is -2.47. The summed E-state index contributed by atoms with van der Waals surface area (Å²) < 4.78 is 44.0. The Morgan fingerprint density at radius 3 is 2.47 bits per heavy atom. The average molecular weight is 517 g/mol. The molecule has 9 heteroatoms. The van der Waals surface area contributed by atoms with Crippen molar-refractivity contribution in [2.75, 3.05) is 33.4 Å². The number of benzene rings is 2. The molecule has 2 amide bonds. The predicted molar refractivity (Wildman–Crippen MR) is 132 cm³/mol. The lowest BCUT2D eigenvalue weighted by Gasteiger charge is -2.38. The van der Waals surface area contributed by atoms with Crippen LogP contribution in [0.4, 0.5) is 13.2 Å². The van der Waals surface area contributed by atoms with Crippen molar-refractivity contribution in [2.45, 2.75) is 25.6 Å². The minimum Gasteiger partial charge on any atom is -0.383 e. The number of nitrogens with zero attached hydrogens (tertiary/aromatic N) is 2. The molecule has 0 saturated carbocycles. The van der Waals surface area contributed by atoms with E-state index >= 15 is 0 Å². The number of aryl methyl sites for hydroxylation is 1. The maximum absolute atomic E-state index is 13.7. The molecule has 0 N–H and O–H groups in total. The normalized spacial score (nSPS) is 15.5. The number of amides is 2. The molecule has 4 rings (SSSR count). The molecule has 1 unspecified atom stereocenters. The Kier molecular flexibility index (Phi) is 7.80. The van der Waals surface area contributed by atoms with Gasteiger partial charge < -0.3 is 14.5 Å². The second kappa shape index (κ2) is 10.8. The van der Waals surface area contributed by atoms with E-state index in [4.69, 9.17) is 4.74 Å². The van der Waals surface area contributed by atoms with Gasteiger partial charge in [0.1, 0.15) is 6.54 Å². The zero-order valence-electron chi connectivity index (χ0n) is 20.0. The van der Waals surface area contributed by atoms with Crippen LogP contribution < -0.4 is 0 Å². The van der Waals surface area contributed by atoms with Crippen LogP contribution in [0.2, 0.25) is 0 Å². The number of rotatable bonds is 7. The summed E-state index contributed by atoms with van der Waals surface area (Å²) in [6.45, 7) is 2.64. The molecular formula is C27H27F3N2O3S. The quantitative estimate of drug-likeness (QED) is 0.426. The summed E-state index contributed by atoms with van der Waals surface area (Å²) >= 11 is 1.67. The first-order valence-electron chi connectivity index (χ1n) is 11.6. The van der Waals surface area contributed by atoms with Crippen LogP contribution in [-0.2, 0) is 22.1 Å². The molecule has 1 aliphatic heterocycles. The van der Waals surface area contributed by atoms with E-state index < -0.39 is 17.6 Å². The van der Waals surface area contributed by atoms with Gasteiger partial charge in [-0.15, -0.1) is 11.3 Å². The van der Waals surface area contributed by atoms with Gasteiger partial charge in [0.15, 0.2) is 0 Å². The molecule has 0 radical (unpaired) electrons. The number of fused-ring (bicyclic) bond motifs is 1. The number of hydrogen-bond donors (Lipinski definition) is 0. The number of halogens is 3. The third kappa shape index (κ3) is 5.47. The van der Waals surface area contributed by atoms with Gasteiger partial charge in [0, 0.05) is 30.6 Å². The van der Waals surface area contributed by atoms with Crippen LogP contribution in [0, 0.1) is 6.92 Å². The third-order valence-electron chi connectivity index (χ3n) is 6.41. The number of carbonyl (C=O) groups is 2. The van der Waals surface area contributed by atoms with Crippen molar-refractivity contribution in [1.29, 1.82) is 0 Å². The Hall–Kier alpha value is -3.17. The van der Waals surface area contributed by atoms with Crippen molar-refractivity contribution < 1.29 is 27.5 Å². The minimum absolute atomic E-state index is 0.0844. The zero-order valence-corrected chi connectivity index (χ0v) is 20.9. The van der Waals surface area contributed by atoms with Crippen LogP contribution in [0.25, 0.3) is 0 Å². The Labute approximate surface area is 212 Å². The molecule has 0 bridgehead atoms. The van der Waals surface area contributed by atoms with Crippen molar-refractivity contribution in [3.63, 3.8) is 0 Å². The fourth-order valence-electron chi connectivity index (χ4n) is 4.51. The molecule has 2 heterocycles.